The van der Waals surface area contributed by atoms with Gasteiger partial charge in [-0.15, -0.1) is 11.6 Å². The predicted molar refractivity (Wildman–Crippen MR) is 75.8 cm³/mol. The van der Waals surface area contributed by atoms with Crippen molar-refractivity contribution < 1.29 is 4.79 Å². The summed E-state index contributed by atoms with van der Waals surface area (Å²) < 4.78 is 0. The van der Waals surface area contributed by atoms with E-state index < -0.39 is 0 Å². The molecule has 0 saturated carbocycles. The SMILES string of the molecule is CN(Cc1cccc2ccccc12)C(=O)CCCl. The molecule has 0 aliphatic heterocycles. The molecule has 0 aromatic heterocycles. The number of hydrogen-bond donors (Lipinski definition) is 0. The fourth-order valence-electron chi connectivity index (χ4n) is 2.05. The van der Waals surface area contributed by atoms with Crippen molar-refractivity contribution in [3.05, 3.63) is 48.0 Å². The Morgan fingerprint density at radius 2 is 1.89 bits per heavy atom. The molecule has 0 radical (unpaired) electrons. The summed E-state index contributed by atoms with van der Waals surface area (Å²) >= 11 is 5.59. The summed E-state index contributed by atoms with van der Waals surface area (Å²) in [7, 11) is 1.82. The molecule has 2 aromatic rings. The quantitative estimate of drug-likeness (QED) is 0.773. The Hall–Kier alpha value is -1.54. The summed E-state index contributed by atoms with van der Waals surface area (Å²) in [6.45, 7) is 0.622. The fourth-order valence-corrected chi connectivity index (χ4v) is 2.21. The standard InChI is InChI=1S/C15H16ClNO/c1-17(15(18)9-10-16)11-13-7-4-6-12-5-2-3-8-14(12)13/h2-8H,9-11H2,1H3. The smallest absolute Gasteiger partial charge is 0.223 e. The molecular weight excluding hydrogens is 246 g/mol. The van der Waals surface area contributed by atoms with Gasteiger partial charge in [0.2, 0.25) is 5.91 Å². The number of benzene rings is 2. The molecule has 0 atom stereocenters. The molecule has 3 heteroatoms. The van der Waals surface area contributed by atoms with E-state index in [0.717, 1.165) is 0 Å². The predicted octanol–water partition coefficient (Wildman–Crippen LogP) is 3.43. The number of halogens is 1. The van der Waals surface area contributed by atoms with E-state index in [-0.39, 0.29) is 5.91 Å². The number of nitrogens with zero attached hydrogens (tertiary/aromatic N) is 1. The maximum absolute atomic E-state index is 11.7. The van der Waals surface area contributed by atoms with E-state index in [1.54, 1.807) is 4.90 Å². The molecular formula is C15H16ClNO. The van der Waals surface area contributed by atoms with Crippen LogP contribution in [0.4, 0.5) is 0 Å². The van der Waals surface area contributed by atoms with Crippen LogP contribution < -0.4 is 0 Å². The van der Waals surface area contributed by atoms with E-state index in [1.165, 1.54) is 16.3 Å². The summed E-state index contributed by atoms with van der Waals surface area (Å²) in [4.78, 5) is 13.5. The molecule has 2 aromatic carbocycles. The number of fused-ring (bicyclic) bond motifs is 1. The van der Waals surface area contributed by atoms with Gasteiger partial charge in [0.05, 0.1) is 0 Å². The van der Waals surface area contributed by atoms with Crippen molar-refractivity contribution in [2.24, 2.45) is 0 Å². The van der Waals surface area contributed by atoms with Gasteiger partial charge in [-0.3, -0.25) is 4.79 Å². The highest BCUT2D eigenvalue weighted by Crippen LogP contribution is 2.19. The van der Waals surface area contributed by atoms with Gasteiger partial charge >= 0.3 is 0 Å². The van der Waals surface area contributed by atoms with Crippen LogP contribution in [0.5, 0.6) is 0 Å². The average molecular weight is 262 g/mol. The first-order valence-electron chi connectivity index (χ1n) is 5.99. The number of carbonyl (C=O) groups is 1. The second kappa shape index (κ2) is 5.87. The second-order valence-electron chi connectivity index (χ2n) is 4.33. The van der Waals surface area contributed by atoms with Crippen molar-refractivity contribution in [1.82, 2.24) is 4.90 Å². The topological polar surface area (TPSA) is 20.3 Å². The van der Waals surface area contributed by atoms with Crippen LogP contribution in [0.3, 0.4) is 0 Å². The number of amides is 1. The van der Waals surface area contributed by atoms with Crippen molar-refractivity contribution in [3.63, 3.8) is 0 Å². The van der Waals surface area contributed by atoms with Gasteiger partial charge in [-0.2, -0.15) is 0 Å². The molecule has 0 N–H and O–H groups in total. The van der Waals surface area contributed by atoms with Crippen LogP contribution in [0, 0.1) is 0 Å². The average Bonchev–Trinajstić information content (AvgIpc) is 2.39. The lowest BCUT2D eigenvalue weighted by Crippen LogP contribution is -2.26. The molecule has 1 amide bonds. The zero-order valence-corrected chi connectivity index (χ0v) is 11.2. The Morgan fingerprint density at radius 3 is 2.67 bits per heavy atom. The Bertz CT molecular complexity index is 548. The Balaban J connectivity index is 2.24. The van der Waals surface area contributed by atoms with Crippen molar-refractivity contribution in [2.75, 3.05) is 12.9 Å². The molecule has 0 aliphatic rings. The minimum absolute atomic E-state index is 0.0814. The van der Waals surface area contributed by atoms with Crippen LogP contribution in [-0.4, -0.2) is 23.7 Å². The summed E-state index contributed by atoms with van der Waals surface area (Å²) in [5.41, 5.74) is 1.17. The normalized spacial score (nSPS) is 10.6. The lowest BCUT2D eigenvalue weighted by atomic mass is 10.0. The number of alkyl halides is 1. The molecule has 2 nitrogen and oxygen atoms in total. The Labute approximate surface area is 112 Å². The van der Waals surface area contributed by atoms with E-state index in [9.17, 15) is 4.79 Å². The monoisotopic (exact) mass is 261 g/mol. The molecule has 0 heterocycles. The highest BCUT2D eigenvalue weighted by atomic mass is 35.5. The van der Waals surface area contributed by atoms with Crippen molar-refractivity contribution >= 4 is 28.3 Å². The minimum Gasteiger partial charge on any atom is -0.341 e. The number of rotatable bonds is 4. The van der Waals surface area contributed by atoms with Gasteiger partial charge in [0.15, 0.2) is 0 Å². The van der Waals surface area contributed by atoms with Crippen molar-refractivity contribution in [1.29, 1.82) is 0 Å². The van der Waals surface area contributed by atoms with Crippen LogP contribution in [0.1, 0.15) is 12.0 Å². The minimum atomic E-state index is 0.0814. The molecule has 0 saturated heterocycles. The first-order chi connectivity index (χ1) is 8.72. The second-order valence-corrected chi connectivity index (χ2v) is 4.71. The summed E-state index contributed by atoms with van der Waals surface area (Å²) in [6.07, 6.45) is 0.392. The molecule has 0 aliphatic carbocycles. The van der Waals surface area contributed by atoms with E-state index >= 15 is 0 Å². The first kappa shape index (κ1) is 12.9. The number of hydrogen-bond acceptors (Lipinski definition) is 1. The highest BCUT2D eigenvalue weighted by Gasteiger charge is 2.09. The summed E-state index contributed by atoms with van der Waals surface area (Å²) in [6, 6.07) is 14.4. The molecule has 0 bridgehead atoms. The Morgan fingerprint density at radius 1 is 1.17 bits per heavy atom. The van der Waals surface area contributed by atoms with Crippen LogP contribution >= 0.6 is 11.6 Å². The van der Waals surface area contributed by atoms with Gasteiger partial charge in [0, 0.05) is 25.9 Å². The third-order valence-electron chi connectivity index (χ3n) is 3.02. The van der Waals surface area contributed by atoms with Crippen LogP contribution in [0.15, 0.2) is 42.5 Å². The molecule has 18 heavy (non-hydrogen) atoms. The summed E-state index contributed by atoms with van der Waals surface area (Å²) in [5.74, 6) is 0.455. The zero-order valence-electron chi connectivity index (χ0n) is 10.4. The fraction of sp³-hybridized carbons (Fsp3) is 0.267. The summed E-state index contributed by atoms with van der Waals surface area (Å²) in [5, 5.41) is 2.40. The maximum atomic E-state index is 11.7. The Kier molecular flexibility index (Phi) is 4.21. The van der Waals surface area contributed by atoms with E-state index in [1.807, 2.05) is 25.2 Å². The van der Waals surface area contributed by atoms with E-state index in [2.05, 4.69) is 24.3 Å². The van der Waals surface area contributed by atoms with Gasteiger partial charge in [-0.1, -0.05) is 42.5 Å². The van der Waals surface area contributed by atoms with Crippen LogP contribution in [0.25, 0.3) is 10.8 Å². The van der Waals surface area contributed by atoms with Crippen LogP contribution in [-0.2, 0) is 11.3 Å². The van der Waals surface area contributed by atoms with Crippen molar-refractivity contribution in [3.8, 4) is 0 Å². The molecule has 0 spiro atoms. The molecule has 2 rings (SSSR count). The lowest BCUT2D eigenvalue weighted by Gasteiger charge is -2.18. The highest BCUT2D eigenvalue weighted by molar-refractivity contribution is 6.18. The number of carbonyl (C=O) groups excluding carboxylic acids is 1. The largest absolute Gasteiger partial charge is 0.341 e. The van der Waals surface area contributed by atoms with Gasteiger partial charge in [0.1, 0.15) is 0 Å². The van der Waals surface area contributed by atoms with E-state index in [0.29, 0.717) is 18.8 Å². The molecule has 0 fully saturated rings. The van der Waals surface area contributed by atoms with E-state index in [4.69, 9.17) is 11.6 Å². The van der Waals surface area contributed by atoms with Crippen LogP contribution in [0.2, 0.25) is 0 Å². The molecule has 94 valence electrons. The van der Waals surface area contributed by atoms with Gasteiger partial charge < -0.3 is 4.90 Å². The van der Waals surface area contributed by atoms with Crippen molar-refractivity contribution in [2.45, 2.75) is 13.0 Å². The maximum Gasteiger partial charge on any atom is 0.223 e. The third kappa shape index (κ3) is 2.82. The third-order valence-corrected chi connectivity index (χ3v) is 3.21. The van der Waals surface area contributed by atoms with Gasteiger partial charge in [0.25, 0.3) is 0 Å². The molecule has 0 unspecified atom stereocenters. The first-order valence-corrected chi connectivity index (χ1v) is 6.52. The van der Waals surface area contributed by atoms with Gasteiger partial charge in [-0.25, -0.2) is 0 Å². The van der Waals surface area contributed by atoms with Gasteiger partial charge in [-0.05, 0) is 16.3 Å². The zero-order chi connectivity index (χ0) is 13.0. The lowest BCUT2D eigenvalue weighted by molar-refractivity contribution is -0.129.